The molecule has 3 aromatic heterocycles. The summed E-state index contributed by atoms with van der Waals surface area (Å²) in [4.78, 5) is 29.2. The molecule has 0 saturated heterocycles. The van der Waals surface area contributed by atoms with Crippen molar-refractivity contribution in [2.24, 2.45) is 0 Å². The van der Waals surface area contributed by atoms with E-state index in [9.17, 15) is 4.79 Å². The van der Waals surface area contributed by atoms with Gasteiger partial charge in [0, 0.05) is 16.6 Å². The highest BCUT2D eigenvalue weighted by atomic mass is 32.1. The molecule has 6 nitrogen and oxygen atoms in total. The van der Waals surface area contributed by atoms with E-state index in [1.807, 2.05) is 0 Å². The Labute approximate surface area is 125 Å². The number of hydrogen-bond acceptors (Lipinski definition) is 6. The second kappa shape index (κ2) is 5.61. The number of aromatic amines is 1. The molecule has 0 aliphatic carbocycles. The van der Waals surface area contributed by atoms with Crippen LogP contribution in [0.25, 0.3) is 10.2 Å². The largest absolute Gasteiger partial charge is 0.362 e. The lowest BCUT2D eigenvalue weighted by Gasteiger charge is -2.06. The summed E-state index contributed by atoms with van der Waals surface area (Å²) in [5, 5.41) is 4.23. The van der Waals surface area contributed by atoms with Crippen LogP contribution in [0.5, 0.6) is 0 Å². The summed E-state index contributed by atoms with van der Waals surface area (Å²) in [6, 6.07) is 3.58. The third-order valence-electron chi connectivity index (χ3n) is 3.07. The zero-order chi connectivity index (χ0) is 14.8. The molecule has 108 valence electrons. The molecule has 3 rings (SSSR count). The number of aromatic nitrogens is 4. The molecule has 0 fully saturated rings. The van der Waals surface area contributed by atoms with Crippen LogP contribution in [0.2, 0.25) is 0 Å². The Morgan fingerprint density at radius 1 is 1.33 bits per heavy atom. The van der Waals surface area contributed by atoms with Gasteiger partial charge in [-0.2, -0.15) is 0 Å². The molecule has 0 spiro atoms. The molecule has 0 bridgehead atoms. The Bertz CT molecular complexity index is 839. The maximum absolute atomic E-state index is 11.4. The van der Waals surface area contributed by atoms with Crippen LogP contribution in [0, 0.1) is 6.92 Å². The van der Waals surface area contributed by atoms with E-state index in [0.717, 1.165) is 22.5 Å². The van der Waals surface area contributed by atoms with Gasteiger partial charge in [-0.25, -0.2) is 15.0 Å². The van der Waals surface area contributed by atoms with Gasteiger partial charge in [0.15, 0.2) is 0 Å². The van der Waals surface area contributed by atoms with Gasteiger partial charge in [-0.1, -0.05) is 6.92 Å². The van der Waals surface area contributed by atoms with Crippen molar-refractivity contribution in [1.82, 2.24) is 19.9 Å². The Morgan fingerprint density at radius 2 is 2.19 bits per heavy atom. The van der Waals surface area contributed by atoms with Crippen molar-refractivity contribution in [2.75, 3.05) is 5.32 Å². The highest BCUT2D eigenvalue weighted by Crippen LogP contribution is 2.28. The Morgan fingerprint density at radius 3 is 2.95 bits per heavy atom. The molecular formula is C14H15N5OS. The number of hydrogen-bond donors (Lipinski definition) is 2. The molecule has 21 heavy (non-hydrogen) atoms. The minimum absolute atomic E-state index is 0.143. The molecule has 0 saturated carbocycles. The molecule has 0 aromatic carbocycles. The molecule has 0 aliphatic heterocycles. The fourth-order valence-electron chi connectivity index (χ4n) is 2.11. The second-order valence-corrected chi connectivity index (χ2v) is 5.81. The number of aryl methyl sites for hydroxylation is 2. The molecule has 0 radical (unpaired) electrons. The monoisotopic (exact) mass is 301 g/mol. The molecule has 3 heterocycles. The van der Waals surface area contributed by atoms with Gasteiger partial charge in [0.1, 0.15) is 22.8 Å². The van der Waals surface area contributed by atoms with Crippen molar-refractivity contribution >= 4 is 27.4 Å². The Kier molecular flexibility index (Phi) is 3.66. The summed E-state index contributed by atoms with van der Waals surface area (Å²) in [5.41, 5.74) is 0.558. The van der Waals surface area contributed by atoms with Crippen molar-refractivity contribution in [2.45, 2.75) is 26.8 Å². The minimum atomic E-state index is -0.143. The number of rotatable bonds is 4. The average molecular weight is 301 g/mol. The number of thiophene rings is 1. The fourth-order valence-corrected chi connectivity index (χ4v) is 3.05. The van der Waals surface area contributed by atoms with Crippen molar-refractivity contribution in [3.63, 3.8) is 0 Å². The summed E-state index contributed by atoms with van der Waals surface area (Å²) in [6.07, 6.45) is 2.53. The van der Waals surface area contributed by atoms with E-state index < -0.39 is 0 Å². The van der Waals surface area contributed by atoms with E-state index in [2.05, 4.69) is 38.2 Å². The van der Waals surface area contributed by atoms with Crippen molar-refractivity contribution in [1.29, 1.82) is 0 Å². The van der Waals surface area contributed by atoms with Gasteiger partial charge in [0.2, 0.25) is 0 Å². The first-order valence-corrected chi connectivity index (χ1v) is 7.51. The fraction of sp³-hybridized carbons (Fsp3) is 0.286. The van der Waals surface area contributed by atoms with E-state index in [1.54, 1.807) is 24.6 Å². The van der Waals surface area contributed by atoms with E-state index in [-0.39, 0.29) is 5.56 Å². The Balaban J connectivity index is 1.87. The number of fused-ring (bicyclic) bond motifs is 1. The molecule has 7 heteroatoms. The van der Waals surface area contributed by atoms with E-state index >= 15 is 0 Å². The summed E-state index contributed by atoms with van der Waals surface area (Å²) in [5.74, 6) is 1.36. The van der Waals surface area contributed by atoms with Crippen LogP contribution in [0.3, 0.4) is 0 Å². The van der Waals surface area contributed by atoms with Gasteiger partial charge in [-0.05, 0) is 19.4 Å². The number of nitrogens with zero attached hydrogens (tertiary/aromatic N) is 3. The summed E-state index contributed by atoms with van der Waals surface area (Å²) in [6.45, 7) is 4.33. The van der Waals surface area contributed by atoms with Crippen LogP contribution in [-0.4, -0.2) is 19.9 Å². The normalized spacial score (nSPS) is 11.0. The van der Waals surface area contributed by atoms with Crippen molar-refractivity contribution in [3.05, 3.63) is 45.2 Å². The number of H-pyrrole nitrogens is 1. The third-order valence-corrected chi connectivity index (χ3v) is 4.26. The maximum atomic E-state index is 11.4. The minimum Gasteiger partial charge on any atom is -0.362 e. The highest BCUT2D eigenvalue weighted by molar-refractivity contribution is 7.18. The predicted octanol–water partition coefficient (Wildman–Crippen LogP) is 2.26. The zero-order valence-electron chi connectivity index (χ0n) is 11.8. The molecule has 3 aromatic rings. The van der Waals surface area contributed by atoms with Crippen molar-refractivity contribution < 1.29 is 0 Å². The summed E-state index contributed by atoms with van der Waals surface area (Å²) < 4.78 is 0. The van der Waals surface area contributed by atoms with Crippen LogP contribution >= 0.6 is 11.3 Å². The van der Waals surface area contributed by atoms with Gasteiger partial charge < -0.3 is 10.3 Å². The van der Waals surface area contributed by atoms with Gasteiger partial charge in [0.05, 0.1) is 11.9 Å². The summed E-state index contributed by atoms with van der Waals surface area (Å²) in [7, 11) is 0. The van der Waals surface area contributed by atoms with Crippen LogP contribution in [0.4, 0.5) is 5.82 Å². The van der Waals surface area contributed by atoms with E-state index in [1.165, 1.54) is 10.9 Å². The van der Waals surface area contributed by atoms with Crippen LogP contribution in [0.15, 0.2) is 23.3 Å². The van der Waals surface area contributed by atoms with Gasteiger partial charge in [0.25, 0.3) is 5.56 Å². The molecule has 0 atom stereocenters. The lowest BCUT2D eigenvalue weighted by molar-refractivity contribution is 0.902. The number of anilines is 1. The predicted molar refractivity (Wildman–Crippen MR) is 83.7 cm³/mol. The van der Waals surface area contributed by atoms with Crippen molar-refractivity contribution in [3.8, 4) is 0 Å². The topological polar surface area (TPSA) is 83.6 Å². The van der Waals surface area contributed by atoms with Crippen LogP contribution < -0.4 is 10.9 Å². The molecule has 2 N–H and O–H groups in total. The quantitative estimate of drug-likeness (QED) is 0.772. The van der Waals surface area contributed by atoms with Crippen LogP contribution in [-0.2, 0) is 13.0 Å². The Hall–Kier alpha value is -2.28. The van der Waals surface area contributed by atoms with Gasteiger partial charge in [-0.3, -0.25) is 4.79 Å². The first-order valence-electron chi connectivity index (χ1n) is 6.70. The molecule has 0 unspecified atom stereocenters. The number of nitrogens with one attached hydrogen (secondary N) is 2. The molecule has 0 aliphatic rings. The standard InChI is InChI=1S/C14H15N5OS/c1-3-9-5-10-13(16-7-17-14(10)21-9)15-6-11-18-8(2)4-12(20)19-11/h4-5,7H,3,6H2,1-2H3,(H,15,16,17)(H,18,19,20). The SMILES string of the molecule is CCc1cc2c(NCc3nc(C)cc(=O)[nH]3)ncnc2s1. The first kappa shape index (κ1) is 13.7. The van der Waals surface area contributed by atoms with Crippen LogP contribution in [0.1, 0.15) is 23.3 Å². The average Bonchev–Trinajstić information content (AvgIpc) is 2.87. The van der Waals surface area contributed by atoms with E-state index in [0.29, 0.717) is 18.1 Å². The molecular weight excluding hydrogens is 286 g/mol. The first-order chi connectivity index (χ1) is 10.2. The maximum Gasteiger partial charge on any atom is 0.251 e. The lowest BCUT2D eigenvalue weighted by atomic mass is 10.3. The smallest absolute Gasteiger partial charge is 0.251 e. The molecule has 0 amide bonds. The van der Waals surface area contributed by atoms with Gasteiger partial charge in [-0.15, -0.1) is 11.3 Å². The second-order valence-electron chi connectivity index (χ2n) is 4.69. The lowest BCUT2D eigenvalue weighted by Crippen LogP contribution is -2.14. The zero-order valence-corrected chi connectivity index (χ0v) is 12.6. The third kappa shape index (κ3) is 2.92. The summed E-state index contributed by atoms with van der Waals surface area (Å²) >= 11 is 1.67. The van der Waals surface area contributed by atoms with E-state index in [4.69, 9.17) is 0 Å². The van der Waals surface area contributed by atoms with Gasteiger partial charge >= 0.3 is 0 Å². The highest BCUT2D eigenvalue weighted by Gasteiger charge is 2.08.